The third-order valence-corrected chi connectivity index (χ3v) is 3.80. The molecule has 0 aromatic carbocycles. The highest BCUT2D eigenvalue weighted by Crippen LogP contribution is 2.19. The average molecular weight is 220 g/mol. The predicted octanol–water partition coefficient (Wildman–Crippen LogP) is 0.666. The molecule has 4 heteroatoms. The number of nitrogens with zero attached hydrogens (tertiary/aromatic N) is 3. The van der Waals surface area contributed by atoms with Gasteiger partial charge in [0.15, 0.2) is 0 Å². The van der Waals surface area contributed by atoms with Crippen molar-refractivity contribution >= 4 is 0 Å². The second kappa shape index (κ2) is 4.55. The van der Waals surface area contributed by atoms with E-state index in [-0.39, 0.29) is 0 Å². The van der Waals surface area contributed by atoms with Gasteiger partial charge >= 0.3 is 0 Å². The molecule has 2 aliphatic heterocycles. The Bertz CT molecular complexity index is 337. The maximum Gasteiger partial charge on any atom is 0.0948 e. The standard InChI is InChI=1S/C12H20N4/c1-2-4-15(3-1)5-6-16-10-14-9-12(16)11-7-13-8-11/h9-11,13H,1-8H2. The molecule has 0 atom stereocenters. The molecule has 0 spiro atoms. The van der Waals surface area contributed by atoms with Crippen LogP contribution in [0, 0.1) is 0 Å². The van der Waals surface area contributed by atoms with Crippen LogP contribution in [-0.4, -0.2) is 47.2 Å². The molecule has 1 N–H and O–H groups in total. The molecular weight excluding hydrogens is 200 g/mol. The highest BCUT2D eigenvalue weighted by Gasteiger charge is 2.22. The zero-order valence-corrected chi connectivity index (χ0v) is 9.73. The molecule has 2 saturated heterocycles. The van der Waals surface area contributed by atoms with Gasteiger partial charge in [0.25, 0.3) is 0 Å². The molecule has 3 rings (SSSR count). The van der Waals surface area contributed by atoms with Crippen LogP contribution in [0.25, 0.3) is 0 Å². The van der Waals surface area contributed by atoms with E-state index in [1.807, 2.05) is 12.5 Å². The lowest BCUT2D eigenvalue weighted by Crippen LogP contribution is -2.41. The minimum atomic E-state index is 0.695. The molecule has 1 aromatic rings. The first-order valence-electron chi connectivity index (χ1n) is 6.36. The van der Waals surface area contributed by atoms with Crippen molar-refractivity contribution in [1.29, 1.82) is 0 Å². The predicted molar refractivity (Wildman–Crippen MR) is 63.5 cm³/mol. The highest BCUT2D eigenvalue weighted by molar-refractivity contribution is 5.11. The summed E-state index contributed by atoms with van der Waals surface area (Å²) in [7, 11) is 0. The number of likely N-dealkylation sites (tertiary alicyclic amines) is 1. The van der Waals surface area contributed by atoms with Crippen molar-refractivity contribution in [3.63, 3.8) is 0 Å². The van der Waals surface area contributed by atoms with E-state index >= 15 is 0 Å². The fraction of sp³-hybridized carbons (Fsp3) is 0.750. The molecule has 16 heavy (non-hydrogen) atoms. The lowest BCUT2D eigenvalue weighted by Gasteiger charge is -2.28. The Labute approximate surface area is 96.7 Å². The van der Waals surface area contributed by atoms with Crippen molar-refractivity contribution in [2.24, 2.45) is 0 Å². The van der Waals surface area contributed by atoms with Gasteiger partial charge in [0, 0.05) is 44.0 Å². The summed E-state index contributed by atoms with van der Waals surface area (Å²) in [5.41, 5.74) is 1.41. The van der Waals surface area contributed by atoms with Gasteiger partial charge in [-0.15, -0.1) is 0 Å². The van der Waals surface area contributed by atoms with Gasteiger partial charge in [0.1, 0.15) is 0 Å². The van der Waals surface area contributed by atoms with Gasteiger partial charge in [0.2, 0.25) is 0 Å². The fourth-order valence-electron chi connectivity index (χ4n) is 2.61. The second-order valence-corrected chi connectivity index (χ2v) is 4.92. The molecule has 0 unspecified atom stereocenters. The summed E-state index contributed by atoms with van der Waals surface area (Å²) in [6.45, 7) is 7.10. The van der Waals surface area contributed by atoms with Crippen LogP contribution >= 0.6 is 0 Å². The molecule has 2 aliphatic rings. The van der Waals surface area contributed by atoms with Crippen LogP contribution in [-0.2, 0) is 6.54 Å². The average Bonchev–Trinajstić information content (AvgIpc) is 2.82. The molecule has 0 aliphatic carbocycles. The van der Waals surface area contributed by atoms with E-state index in [2.05, 4.69) is 19.8 Å². The van der Waals surface area contributed by atoms with E-state index in [0.717, 1.165) is 19.6 Å². The molecule has 0 amide bonds. The zero-order chi connectivity index (χ0) is 10.8. The Morgan fingerprint density at radius 3 is 2.75 bits per heavy atom. The van der Waals surface area contributed by atoms with Gasteiger partial charge in [-0.1, -0.05) is 0 Å². The topological polar surface area (TPSA) is 33.1 Å². The summed E-state index contributed by atoms with van der Waals surface area (Å²) in [6.07, 6.45) is 6.78. The Morgan fingerprint density at radius 2 is 2.06 bits per heavy atom. The van der Waals surface area contributed by atoms with E-state index in [1.54, 1.807) is 0 Å². The molecule has 4 nitrogen and oxygen atoms in total. The van der Waals surface area contributed by atoms with Crippen LogP contribution < -0.4 is 5.32 Å². The molecule has 88 valence electrons. The van der Waals surface area contributed by atoms with Crippen LogP contribution in [0.4, 0.5) is 0 Å². The minimum absolute atomic E-state index is 0.695. The van der Waals surface area contributed by atoms with E-state index in [1.165, 1.54) is 38.2 Å². The fourth-order valence-corrected chi connectivity index (χ4v) is 2.61. The van der Waals surface area contributed by atoms with Crippen LogP contribution in [0.15, 0.2) is 12.5 Å². The summed E-state index contributed by atoms with van der Waals surface area (Å²) >= 11 is 0. The number of rotatable bonds is 4. The maximum absolute atomic E-state index is 4.29. The molecule has 3 heterocycles. The number of hydrogen-bond donors (Lipinski definition) is 1. The van der Waals surface area contributed by atoms with E-state index in [4.69, 9.17) is 0 Å². The van der Waals surface area contributed by atoms with Gasteiger partial charge < -0.3 is 14.8 Å². The summed E-state index contributed by atoms with van der Waals surface area (Å²) in [5.74, 6) is 0.695. The van der Waals surface area contributed by atoms with Crippen molar-refractivity contribution in [2.75, 3.05) is 32.7 Å². The Hall–Kier alpha value is -0.870. The Kier molecular flexibility index (Phi) is 2.93. The van der Waals surface area contributed by atoms with Gasteiger partial charge in [-0.25, -0.2) is 4.98 Å². The van der Waals surface area contributed by atoms with Gasteiger partial charge in [-0.3, -0.25) is 0 Å². The summed E-state index contributed by atoms with van der Waals surface area (Å²) in [5, 5.41) is 3.32. The smallest absolute Gasteiger partial charge is 0.0948 e. The lowest BCUT2D eigenvalue weighted by molar-refractivity contribution is 0.316. The normalized spacial score (nSPS) is 22.5. The van der Waals surface area contributed by atoms with Crippen LogP contribution in [0.2, 0.25) is 0 Å². The quantitative estimate of drug-likeness (QED) is 0.809. The third-order valence-electron chi connectivity index (χ3n) is 3.80. The number of imidazole rings is 1. The second-order valence-electron chi connectivity index (χ2n) is 4.92. The lowest BCUT2D eigenvalue weighted by atomic mass is 10.00. The van der Waals surface area contributed by atoms with Gasteiger partial charge in [0.05, 0.1) is 6.33 Å². The molecule has 0 bridgehead atoms. The van der Waals surface area contributed by atoms with E-state index in [9.17, 15) is 0 Å². The van der Waals surface area contributed by atoms with Crippen LogP contribution in [0.1, 0.15) is 24.5 Å². The zero-order valence-electron chi connectivity index (χ0n) is 9.73. The van der Waals surface area contributed by atoms with E-state index < -0.39 is 0 Å². The monoisotopic (exact) mass is 220 g/mol. The van der Waals surface area contributed by atoms with Crippen molar-refractivity contribution in [2.45, 2.75) is 25.3 Å². The third kappa shape index (κ3) is 1.99. The van der Waals surface area contributed by atoms with Crippen molar-refractivity contribution in [1.82, 2.24) is 19.8 Å². The summed E-state index contributed by atoms with van der Waals surface area (Å²) in [4.78, 5) is 6.85. The first kappa shape index (κ1) is 10.3. The first-order chi connectivity index (χ1) is 7.93. The molecule has 2 fully saturated rings. The summed E-state index contributed by atoms with van der Waals surface area (Å²) in [6, 6.07) is 0. The Morgan fingerprint density at radius 1 is 1.25 bits per heavy atom. The van der Waals surface area contributed by atoms with Gasteiger partial charge in [-0.05, 0) is 25.9 Å². The van der Waals surface area contributed by atoms with Crippen molar-refractivity contribution in [3.8, 4) is 0 Å². The number of hydrogen-bond acceptors (Lipinski definition) is 3. The Balaban J connectivity index is 1.58. The molecule has 0 saturated carbocycles. The molecular formula is C12H20N4. The largest absolute Gasteiger partial charge is 0.333 e. The van der Waals surface area contributed by atoms with Crippen LogP contribution in [0.3, 0.4) is 0 Å². The van der Waals surface area contributed by atoms with Crippen molar-refractivity contribution in [3.05, 3.63) is 18.2 Å². The SMILES string of the molecule is c1ncn(CCN2CCCC2)c1C1CNC1. The van der Waals surface area contributed by atoms with Gasteiger partial charge in [-0.2, -0.15) is 0 Å². The molecule has 0 radical (unpaired) electrons. The van der Waals surface area contributed by atoms with E-state index in [0.29, 0.717) is 5.92 Å². The number of aromatic nitrogens is 2. The maximum atomic E-state index is 4.29. The number of nitrogens with one attached hydrogen (secondary N) is 1. The highest BCUT2D eigenvalue weighted by atomic mass is 15.2. The molecule has 1 aromatic heterocycles. The van der Waals surface area contributed by atoms with Crippen LogP contribution in [0.5, 0.6) is 0 Å². The first-order valence-corrected chi connectivity index (χ1v) is 6.36. The minimum Gasteiger partial charge on any atom is -0.333 e. The van der Waals surface area contributed by atoms with Crippen molar-refractivity contribution < 1.29 is 0 Å². The summed E-state index contributed by atoms with van der Waals surface area (Å²) < 4.78 is 2.34.